The fourth-order valence-electron chi connectivity index (χ4n) is 4.51. The van der Waals surface area contributed by atoms with E-state index in [1.165, 1.54) is 11.8 Å². The Bertz CT molecular complexity index is 1400. The molecule has 6 rings (SSSR count). The third-order valence-electron chi connectivity index (χ3n) is 6.60. The van der Waals surface area contributed by atoms with Crippen LogP contribution >= 0.6 is 11.8 Å². The number of nitrogens with two attached hydrogens (primary N) is 1. The van der Waals surface area contributed by atoms with Crippen LogP contribution in [0.15, 0.2) is 28.9 Å². The second-order valence-electron chi connectivity index (χ2n) is 9.36. The number of imide groups is 1. The van der Waals surface area contributed by atoms with Gasteiger partial charge in [0.15, 0.2) is 5.65 Å². The van der Waals surface area contributed by atoms with Gasteiger partial charge in [-0.15, -0.1) is 11.8 Å². The topological polar surface area (TPSA) is 176 Å². The highest BCUT2D eigenvalue weighted by Crippen LogP contribution is 2.44. The predicted molar refractivity (Wildman–Crippen MR) is 135 cm³/mol. The number of fused-ring (bicyclic) bond motifs is 1. The van der Waals surface area contributed by atoms with Crippen LogP contribution < -0.4 is 27.0 Å². The van der Waals surface area contributed by atoms with E-state index in [0.29, 0.717) is 41.7 Å². The number of rotatable bonds is 6. The van der Waals surface area contributed by atoms with Crippen molar-refractivity contribution in [2.24, 2.45) is 5.73 Å². The Hall–Kier alpha value is -3.91. The van der Waals surface area contributed by atoms with E-state index in [0.717, 1.165) is 24.4 Å². The number of hydrogen-bond acceptors (Lipinski definition) is 9. The van der Waals surface area contributed by atoms with Gasteiger partial charge in [0, 0.05) is 37.3 Å². The Morgan fingerprint density at radius 2 is 2.08 bits per heavy atom. The van der Waals surface area contributed by atoms with E-state index >= 15 is 0 Å². The Kier molecular flexibility index (Phi) is 5.83. The van der Waals surface area contributed by atoms with E-state index < -0.39 is 23.9 Å². The van der Waals surface area contributed by atoms with Crippen molar-refractivity contribution in [2.45, 2.75) is 36.6 Å². The first-order valence-corrected chi connectivity index (χ1v) is 12.9. The number of carbonyl (C=O) groups excluding carboxylic acids is 4. The van der Waals surface area contributed by atoms with E-state index in [1.54, 1.807) is 21.7 Å². The molecular weight excluding hydrogens is 498 g/mol. The number of anilines is 1. The molecule has 2 aromatic heterocycles. The third kappa shape index (κ3) is 4.64. The van der Waals surface area contributed by atoms with Crippen LogP contribution in [0.4, 0.5) is 10.6 Å². The summed E-state index contributed by atoms with van der Waals surface area (Å²) in [6, 6.07) is 1.19. The normalized spacial score (nSPS) is 24.8. The van der Waals surface area contributed by atoms with Crippen LogP contribution in [0.2, 0.25) is 0 Å². The van der Waals surface area contributed by atoms with Gasteiger partial charge in [0.05, 0.1) is 22.0 Å². The van der Waals surface area contributed by atoms with Gasteiger partial charge in [0.1, 0.15) is 17.6 Å². The van der Waals surface area contributed by atoms with Crippen molar-refractivity contribution in [3.63, 3.8) is 0 Å². The molecule has 14 heteroatoms. The monoisotopic (exact) mass is 523 g/mol. The average Bonchev–Trinajstić information content (AvgIpc) is 3.25. The summed E-state index contributed by atoms with van der Waals surface area (Å²) >= 11 is 1.45. The van der Waals surface area contributed by atoms with Crippen molar-refractivity contribution in [1.82, 2.24) is 35.4 Å². The van der Waals surface area contributed by atoms with Gasteiger partial charge in [-0.25, -0.2) is 9.78 Å². The van der Waals surface area contributed by atoms with Gasteiger partial charge in [0.2, 0.25) is 5.91 Å². The minimum absolute atomic E-state index is 0.0940. The summed E-state index contributed by atoms with van der Waals surface area (Å²) in [5, 5.41) is 15.6. The summed E-state index contributed by atoms with van der Waals surface area (Å²) in [5.41, 5.74) is 7.44. The van der Waals surface area contributed by atoms with Gasteiger partial charge in [-0.3, -0.25) is 19.7 Å². The highest BCUT2D eigenvalue weighted by atomic mass is 32.2. The summed E-state index contributed by atoms with van der Waals surface area (Å²) in [7, 11) is 0. The fourth-order valence-corrected chi connectivity index (χ4v) is 5.67. The van der Waals surface area contributed by atoms with Crippen LogP contribution in [0.3, 0.4) is 0 Å². The lowest BCUT2D eigenvalue weighted by Crippen LogP contribution is -2.57. The lowest BCUT2D eigenvalue weighted by molar-refractivity contribution is -0.129. The second kappa shape index (κ2) is 9.19. The van der Waals surface area contributed by atoms with E-state index in [-0.39, 0.29) is 23.4 Å². The molecule has 4 aliphatic rings. The van der Waals surface area contributed by atoms with Gasteiger partial charge >= 0.3 is 6.03 Å². The van der Waals surface area contributed by atoms with Crippen molar-refractivity contribution in [1.29, 1.82) is 0 Å². The first kappa shape index (κ1) is 23.5. The highest BCUT2D eigenvalue weighted by Gasteiger charge is 2.33. The van der Waals surface area contributed by atoms with Gasteiger partial charge in [-0.1, -0.05) is 6.08 Å². The maximum Gasteiger partial charge on any atom is 0.326 e. The molecular formula is C23H25N9O4S. The zero-order valence-corrected chi connectivity index (χ0v) is 20.5. The summed E-state index contributed by atoms with van der Waals surface area (Å²) in [5.74, 6) is -0.325. The highest BCUT2D eigenvalue weighted by molar-refractivity contribution is 8.04. The van der Waals surface area contributed by atoms with Crippen LogP contribution in [0.5, 0.6) is 0 Å². The molecule has 3 aliphatic heterocycles. The lowest BCUT2D eigenvalue weighted by atomic mass is 10.2. The molecule has 2 saturated heterocycles. The number of allylic oxidation sites excluding steroid dienone is 1. The molecule has 0 aromatic carbocycles. The Morgan fingerprint density at radius 1 is 1.24 bits per heavy atom. The molecule has 6 N–H and O–H groups in total. The van der Waals surface area contributed by atoms with Crippen molar-refractivity contribution in [3.05, 3.63) is 40.2 Å². The quantitative estimate of drug-likeness (QED) is 0.254. The fraction of sp³-hybridized carbons (Fsp3) is 0.391. The number of carbonyl (C=O) groups is 4. The second-order valence-corrected chi connectivity index (χ2v) is 10.6. The van der Waals surface area contributed by atoms with Crippen molar-refractivity contribution in [2.75, 3.05) is 25.0 Å². The molecule has 5 amide bonds. The van der Waals surface area contributed by atoms with Gasteiger partial charge in [-0.2, -0.15) is 9.61 Å². The summed E-state index contributed by atoms with van der Waals surface area (Å²) in [4.78, 5) is 55.4. The van der Waals surface area contributed by atoms with Crippen molar-refractivity contribution in [3.8, 4) is 0 Å². The Morgan fingerprint density at radius 3 is 2.81 bits per heavy atom. The number of nitrogens with zero attached hydrogens (tertiary/aromatic N) is 4. The molecule has 0 radical (unpaired) electrons. The van der Waals surface area contributed by atoms with Crippen molar-refractivity contribution < 1.29 is 19.2 Å². The van der Waals surface area contributed by atoms with Crippen LogP contribution in [0.25, 0.3) is 11.7 Å². The van der Waals surface area contributed by atoms with E-state index in [2.05, 4.69) is 26.4 Å². The SMILES string of the molecule is NC(=O)C1CN(C(=O)C2=CCC(c3cc(NC4CC4)n4ncc(/C=C5\NC(=O)NC5=O)c4n3)S2)CCN1. The first-order valence-electron chi connectivity index (χ1n) is 12.0. The lowest BCUT2D eigenvalue weighted by Gasteiger charge is -2.32. The van der Waals surface area contributed by atoms with Crippen LogP contribution in [-0.4, -0.2) is 75.0 Å². The average molecular weight is 524 g/mol. The molecule has 1 aliphatic carbocycles. The summed E-state index contributed by atoms with van der Waals surface area (Å²) < 4.78 is 1.69. The van der Waals surface area contributed by atoms with E-state index in [1.807, 2.05) is 12.1 Å². The largest absolute Gasteiger partial charge is 0.368 e. The number of aromatic nitrogens is 3. The minimum atomic E-state index is -0.574. The summed E-state index contributed by atoms with van der Waals surface area (Å²) in [6.07, 6.45) is 7.82. The zero-order valence-electron chi connectivity index (χ0n) is 19.7. The van der Waals surface area contributed by atoms with E-state index in [9.17, 15) is 19.2 Å². The number of thioether (sulfide) groups is 1. The van der Waals surface area contributed by atoms with Crippen LogP contribution in [0.1, 0.15) is 35.8 Å². The number of hydrogen-bond donors (Lipinski definition) is 5. The Balaban J connectivity index is 1.26. The van der Waals surface area contributed by atoms with Crippen molar-refractivity contribution >= 4 is 53.1 Å². The molecule has 2 atom stereocenters. The molecule has 3 fully saturated rings. The molecule has 13 nitrogen and oxygen atoms in total. The van der Waals surface area contributed by atoms with Gasteiger partial charge in [0.25, 0.3) is 11.8 Å². The standard InChI is InChI=1S/C23H25N9O4S/c24-19(33)15-10-31(6-5-25-15)22(35)17-4-3-16(37-17)13-8-18(27-12-1-2-12)32-20(28-13)11(9-26-32)7-14-21(34)30-23(36)29-14/h4,7-9,12,15-16,25,27H,1-3,5-6,10H2,(H2,24,33)(H2,29,30,34,36)/b14-7-. The Labute approximate surface area is 215 Å². The van der Waals surface area contributed by atoms with Crippen LogP contribution in [0, 0.1) is 0 Å². The summed E-state index contributed by atoms with van der Waals surface area (Å²) in [6.45, 7) is 1.25. The number of piperazine rings is 1. The van der Waals surface area contributed by atoms with Gasteiger partial charge < -0.3 is 26.6 Å². The number of primary amides is 1. The zero-order chi connectivity index (χ0) is 25.7. The maximum absolute atomic E-state index is 13.2. The minimum Gasteiger partial charge on any atom is -0.368 e. The molecule has 1 saturated carbocycles. The predicted octanol–water partition coefficient (Wildman–Crippen LogP) is -0.168. The molecule has 0 spiro atoms. The van der Waals surface area contributed by atoms with Gasteiger partial charge in [-0.05, 0) is 25.3 Å². The van der Waals surface area contributed by atoms with Crippen LogP contribution in [-0.2, 0) is 14.4 Å². The molecule has 0 bridgehead atoms. The molecule has 192 valence electrons. The molecule has 5 heterocycles. The number of amides is 5. The third-order valence-corrected chi connectivity index (χ3v) is 7.91. The molecule has 2 unspecified atom stereocenters. The molecule has 37 heavy (non-hydrogen) atoms. The first-order chi connectivity index (χ1) is 17.9. The number of nitrogens with one attached hydrogen (secondary N) is 4. The molecule has 2 aromatic rings. The maximum atomic E-state index is 13.2. The number of urea groups is 1. The van der Waals surface area contributed by atoms with E-state index in [4.69, 9.17) is 10.7 Å². The smallest absolute Gasteiger partial charge is 0.326 e.